The SMILES string of the molecule is COc1c(C2CCCN2Cc2nnnn2C2CC2)c(C)nn1C. The van der Waals surface area contributed by atoms with Crippen molar-refractivity contribution in [2.75, 3.05) is 13.7 Å². The molecule has 1 saturated heterocycles. The summed E-state index contributed by atoms with van der Waals surface area (Å²) in [6.07, 6.45) is 4.68. The van der Waals surface area contributed by atoms with Gasteiger partial charge in [-0.3, -0.25) is 4.90 Å². The second kappa shape index (κ2) is 5.59. The highest BCUT2D eigenvalue weighted by molar-refractivity contribution is 5.35. The van der Waals surface area contributed by atoms with Gasteiger partial charge in [0.1, 0.15) is 0 Å². The maximum absolute atomic E-state index is 5.59. The minimum Gasteiger partial charge on any atom is -0.481 e. The van der Waals surface area contributed by atoms with E-state index >= 15 is 0 Å². The van der Waals surface area contributed by atoms with Crippen LogP contribution in [0.25, 0.3) is 0 Å². The zero-order valence-corrected chi connectivity index (χ0v) is 13.9. The van der Waals surface area contributed by atoms with E-state index in [4.69, 9.17) is 4.74 Å². The average Bonchev–Trinajstić information content (AvgIpc) is 2.98. The molecule has 0 spiro atoms. The molecule has 23 heavy (non-hydrogen) atoms. The lowest BCUT2D eigenvalue weighted by Gasteiger charge is -2.24. The lowest BCUT2D eigenvalue weighted by Crippen LogP contribution is -2.25. The van der Waals surface area contributed by atoms with E-state index in [0.29, 0.717) is 12.1 Å². The van der Waals surface area contributed by atoms with Crippen LogP contribution in [0.4, 0.5) is 0 Å². The molecule has 2 aromatic rings. The quantitative estimate of drug-likeness (QED) is 0.830. The van der Waals surface area contributed by atoms with Crippen LogP contribution in [0.3, 0.4) is 0 Å². The van der Waals surface area contributed by atoms with Crippen LogP contribution in [0, 0.1) is 6.92 Å². The summed E-state index contributed by atoms with van der Waals surface area (Å²) in [5.74, 6) is 1.83. The number of rotatable bonds is 5. The van der Waals surface area contributed by atoms with Crippen molar-refractivity contribution in [1.82, 2.24) is 34.9 Å². The lowest BCUT2D eigenvalue weighted by molar-refractivity contribution is 0.230. The predicted molar refractivity (Wildman–Crippen MR) is 83.0 cm³/mol. The molecule has 0 radical (unpaired) electrons. The second-order valence-corrected chi connectivity index (χ2v) is 6.53. The molecule has 1 unspecified atom stereocenters. The van der Waals surface area contributed by atoms with Crippen molar-refractivity contribution in [2.45, 2.75) is 51.2 Å². The standard InChI is InChI=1S/C15H23N7O/c1-10-14(15(23-3)20(2)17-10)12-5-4-8-21(12)9-13-16-18-19-22(13)11-6-7-11/h11-12H,4-9H2,1-3H3. The van der Waals surface area contributed by atoms with Gasteiger partial charge in [-0.2, -0.15) is 5.10 Å². The van der Waals surface area contributed by atoms with Crippen molar-refractivity contribution in [3.63, 3.8) is 0 Å². The van der Waals surface area contributed by atoms with Crippen LogP contribution in [-0.2, 0) is 13.6 Å². The zero-order chi connectivity index (χ0) is 16.0. The summed E-state index contributed by atoms with van der Waals surface area (Å²) in [6.45, 7) is 3.90. The van der Waals surface area contributed by atoms with Crippen molar-refractivity contribution < 1.29 is 4.74 Å². The molecule has 1 atom stereocenters. The van der Waals surface area contributed by atoms with Crippen molar-refractivity contribution >= 4 is 0 Å². The number of aryl methyl sites for hydroxylation is 2. The fourth-order valence-electron chi connectivity index (χ4n) is 3.72. The number of likely N-dealkylation sites (tertiary alicyclic amines) is 1. The molecule has 2 aromatic heterocycles. The van der Waals surface area contributed by atoms with Crippen LogP contribution >= 0.6 is 0 Å². The Morgan fingerprint density at radius 1 is 1.26 bits per heavy atom. The largest absolute Gasteiger partial charge is 0.481 e. The van der Waals surface area contributed by atoms with Crippen LogP contribution in [0.2, 0.25) is 0 Å². The van der Waals surface area contributed by atoms with Crippen molar-refractivity contribution in [3.05, 3.63) is 17.1 Å². The monoisotopic (exact) mass is 317 g/mol. The van der Waals surface area contributed by atoms with Gasteiger partial charge < -0.3 is 4.74 Å². The molecule has 4 rings (SSSR count). The zero-order valence-electron chi connectivity index (χ0n) is 13.9. The van der Waals surface area contributed by atoms with E-state index in [2.05, 4.69) is 32.4 Å². The summed E-state index contributed by atoms with van der Waals surface area (Å²) in [6, 6.07) is 0.832. The topological polar surface area (TPSA) is 73.9 Å². The minimum atomic E-state index is 0.322. The highest BCUT2D eigenvalue weighted by Gasteiger charge is 2.34. The van der Waals surface area contributed by atoms with Gasteiger partial charge in [-0.25, -0.2) is 9.36 Å². The number of nitrogens with zero attached hydrogens (tertiary/aromatic N) is 7. The first-order chi connectivity index (χ1) is 11.2. The predicted octanol–water partition coefficient (Wildman–Crippen LogP) is 1.40. The highest BCUT2D eigenvalue weighted by atomic mass is 16.5. The van der Waals surface area contributed by atoms with Crippen LogP contribution in [0.15, 0.2) is 0 Å². The molecule has 0 aromatic carbocycles. The Balaban J connectivity index is 1.61. The Morgan fingerprint density at radius 2 is 2.09 bits per heavy atom. The second-order valence-electron chi connectivity index (χ2n) is 6.53. The molecule has 2 fully saturated rings. The number of tetrazole rings is 1. The average molecular weight is 317 g/mol. The number of hydrogen-bond donors (Lipinski definition) is 0. The highest BCUT2D eigenvalue weighted by Crippen LogP contribution is 2.40. The van der Waals surface area contributed by atoms with Crippen molar-refractivity contribution in [1.29, 1.82) is 0 Å². The fourth-order valence-corrected chi connectivity index (χ4v) is 3.72. The van der Waals surface area contributed by atoms with Crippen LogP contribution in [-0.4, -0.2) is 48.5 Å². The van der Waals surface area contributed by atoms with Gasteiger partial charge in [-0.1, -0.05) is 0 Å². The van der Waals surface area contributed by atoms with Gasteiger partial charge in [0, 0.05) is 13.1 Å². The van der Waals surface area contributed by atoms with Crippen LogP contribution < -0.4 is 4.74 Å². The lowest BCUT2D eigenvalue weighted by atomic mass is 10.1. The number of ether oxygens (including phenoxy) is 1. The summed E-state index contributed by atoms with van der Waals surface area (Å²) in [4.78, 5) is 2.46. The molecule has 1 aliphatic carbocycles. The van der Waals surface area contributed by atoms with Gasteiger partial charge in [0.05, 0.1) is 31.0 Å². The molecule has 8 nitrogen and oxygen atoms in total. The summed E-state index contributed by atoms with van der Waals surface area (Å²) < 4.78 is 9.42. The summed E-state index contributed by atoms with van der Waals surface area (Å²) in [5.41, 5.74) is 2.25. The molecular formula is C15H23N7O. The van der Waals surface area contributed by atoms with E-state index in [1.54, 1.807) is 7.11 Å². The molecule has 0 amide bonds. The number of aromatic nitrogens is 6. The first-order valence-electron chi connectivity index (χ1n) is 8.27. The third-order valence-corrected chi connectivity index (χ3v) is 4.90. The van der Waals surface area contributed by atoms with Crippen molar-refractivity contribution in [3.8, 4) is 5.88 Å². The third kappa shape index (κ3) is 2.50. The molecule has 8 heteroatoms. The molecule has 0 bridgehead atoms. The molecule has 1 aliphatic heterocycles. The summed E-state index contributed by atoms with van der Waals surface area (Å²) in [7, 11) is 3.65. The van der Waals surface area contributed by atoms with E-state index in [1.165, 1.54) is 24.8 Å². The Bertz CT molecular complexity index is 703. The number of methoxy groups -OCH3 is 1. The Kier molecular flexibility index (Phi) is 3.56. The van der Waals surface area contributed by atoms with E-state index in [9.17, 15) is 0 Å². The Hall–Kier alpha value is -1.96. The normalized spacial score (nSPS) is 22.0. The van der Waals surface area contributed by atoms with Gasteiger partial charge in [0.15, 0.2) is 5.82 Å². The van der Waals surface area contributed by atoms with Crippen LogP contribution in [0.5, 0.6) is 5.88 Å². The van der Waals surface area contributed by atoms with Gasteiger partial charge in [0.25, 0.3) is 0 Å². The minimum absolute atomic E-state index is 0.322. The molecule has 3 heterocycles. The van der Waals surface area contributed by atoms with E-state index in [-0.39, 0.29) is 0 Å². The molecule has 124 valence electrons. The van der Waals surface area contributed by atoms with E-state index in [0.717, 1.165) is 36.9 Å². The van der Waals surface area contributed by atoms with Crippen LogP contribution in [0.1, 0.15) is 54.8 Å². The maximum atomic E-state index is 5.59. The smallest absolute Gasteiger partial charge is 0.216 e. The van der Waals surface area contributed by atoms with E-state index < -0.39 is 0 Å². The number of hydrogen-bond acceptors (Lipinski definition) is 6. The first kappa shape index (κ1) is 14.6. The molecule has 0 N–H and O–H groups in total. The van der Waals surface area contributed by atoms with Crippen molar-refractivity contribution in [2.24, 2.45) is 7.05 Å². The maximum Gasteiger partial charge on any atom is 0.216 e. The summed E-state index contributed by atoms with van der Waals surface area (Å²) in [5, 5.41) is 16.8. The summed E-state index contributed by atoms with van der Waals surface area (Å²) >= 11 is 0. The molecular weight excluding hydrogens is 294 g/mol. The molecule has 2 aliphatic rings. The van der Waals surface area contributed by atoms with Gasteiger partial charge >= 0.3 is 0 Å². The third-order valence-electron chi connectivity index (χ3n) is 4.90. The van der Waals surface area contributed by atoms with Gasteiger partial charge in [-0.15, -0.1) is 5.10 Å². The molecule has 1 saturated carbocycles. The van der Waals surface area contributed by atoms with E-state index in [1.807, 2.05) is 16.4 Å². The van der Waals surface area contributed by atoms with Gasteiger partial charge in [0.2, 0.25) is 5.88 Å². The van der Waals surface area contributed by atoms with Gasteiger partial charge in [-0.05, 0) is 49.6 Å². The Morgan fingerprint density at radius 3 is 2.83 bits per heavy atom. The Labute approximate surface area is 135 Å². The fraction of sp³-hybridized carbons (Fsp3) is 0.733. The first-order valence-corrected chi connectivity index (χ1v) is 8.27.